The van der Waals surface area contributed by atoms with Gasteiger partial charge in [0.1, 0.15) is 17.7 Å². The van der Waals surface area contributed by atoms with E-state index in [4.69, 9.17) is 9.15 Å². The first-order chi connectivity index (χ1) is 11.3. The number of nitrogens with one attached hydrogen (secondary N) is 1. The highest BCUT2D eigenvalue weighted by Crippen LogP contribution is 2.18. The van der Waals surface area contributed by atoms with E-state index >= 15 is 0 Å². The van der Waals surface area contributed by atoms with Crippen LogP contribution in [-0.4, -0.2) is 22.5 Å². The van der Waals surface area contributed by atoms with E-state index in [1.807, 2.05) is 13.0 Å². The van der Waals surface area contributed by atoms with Crippen LogP contribution in [0.4, 0.5) is 5.69 Å². The predicted octanol–water partition coefficient (Wildman–Crippen LogP) is 3.39. The molecule has 3 rings (SSSR count). The number of rotatable bonds is 5. The van der Waals surface area contributed by atoms with Gasteiger partial charge < -0.3 is 14.5 Å². The van der Waals surface area contributed by atoms with Crippen LogP contribution in [-0.2, 0) is 0 Å². The zero-order valence-corrected chi connectivity index (χ0v) is 12.5. The summed E-state index contributed by atoms with van der Waals surface area (Å²) in [7, 11) is 0. The number of carbonyl (C=O) groups is 1. The van der Waals surface area contributed by atoms with Gasteiger partial charge in [-0.15, -0.1) is 0 Å². The summed E-state index contributed by atoms with van der Waals surface area (Å²) in [5, 5.41) is 2.75. The van der Waals surface area contributed by atoms with Crippen molar-refractivity contribution in [2.45, 2.75) is 6.92 Å². The summed E-state index contributed by atoms with van der Waals surface area (Å²) in [6.07, 6.45) is 2.95. The summed E-state index contributed by atoms with van der Waals surface area (Å²) < 4.78 is 10.7. The second-order valence-electron chi connectivity index (χ2n) is 4.66. The van der Waals surface area contributed by atoms with E-state index in [1.54, 1.807) is 42.6 Å². The third kappa shape index (κ3) is 3.55. The lowest BCUT2D eigenvalue weighted by molar-refractivity contribution is 0.102. The summed E-state index contributed by atoms with van der Waals surface area (Å²) in [5.41, 5.74) is 1.42. The van der Waals surface area contributed by atoms with E-state index in [0.29, 0.717) is 23.9 Å². The third-order valence-electron chi connectivity index (χ3n) is 3.04. The molecule has 0 atom stereocenters. The van der Waals surface area contributed by atoms with Crippen LogP contribution in [0.2, 0.25) is 0 Å². The number of aromatic nitrogens is 2. The van der Waals surface area contributed by atoms with Crippen LogP contribution in [0.15, 0.2) is 59.3 Å². The normalized spacial score (nSPS) is 10.3. The Kier molecular flexibility index (Phi) is 4.33. The van der Waals surface area contributed by atoms with Gasteiger partial charge in [0.05, 0.1) is 6.61 Å². The minimum Gasteiger partial charge on any atom is -0.494 e. The van der Waals surface area contributed by atoms with Crippen LogP contribution in [0.3, 0.4) is 0 Å². The van der Waals surface area contributed by atoms with Crippen molar-refractivity contribution in [3.63, 3.8) is 0 Å². The van der Waals surface area contributed by atoms with Gasteiger partial charge in [0.15, 0.2) is 5.69 Å². The molecular weight excluding hydrogens is 294 g/mol. The molecule has 6 heteroatoms. The summed E-state index contributed by atoms with van der Waals surface area (Å²) in [5.74, 6) is 0.715. The number of oxazole rings is 1. The van der Waals surface area contributed by atoms with Gasteiger partial charge >= 0.3 is 0 Å². The van der Waals surface area contributed by atoms with Crippen molar-refractivity contribution in [1.82, 2.24) is 9.97 Å². The zero-order chi connectivity index (χ0) is 16.1. The molecule has 1 amide bonds. The third-order valence-corrected chi connectivity index (χ3v) is 3.04. The van der Waals surface area contributed by atoms with Crippen molar-refractivity contribution in [1.29, 1.82) is 0 Å². The molecule has 0 unspecified atom stereocenters. The van der Waals surface area contributed by atoms with Gasteiger partial charge in [-0.1, -0.05) is 6.07 Å². The first-order valence-electron chi connectivity index (χ1n) is 7.17. The van der Waals surface area contributed by atoms with E-state index in [1.165, 1.54) is 6.26 Å². The Morgan fingerprint density at radius 1 is 1.22 bits per heavy atom. The Labute approximate surface area is 133 Å². The molecule has 1 N–H and O–H groups in total. The molecule has 0 radical (unpaired) electrons. The van der Waals surface area contributed by atoms with Gasteiger partial charge in [0.25, 0.3) is 5.91 Å². The zero-order valence-electron chi connectivity index (χ0n) is 12.5. The molecule has 6 nitrogen and oxygen atoms in total. The monoisotopic (exact) mass is 309 g/mol. The molecule has 23 heavy (non-hydrogen) atoms. The average Bonchev–Trinajstić information content (AvgIpc) is 3.08. The maximum absolute atomic E-state index is 12.2. The van der Waals surface area contributed by atoms with Crippen molar-refractivity contribution in [2.24, 2.45) is 0 Å². The Bertz CT molecular complexity index is 782. The molecule has 0 bridgehead atoms. The molecule has 0 fully saturated rings. The van der Waals surface area contributed by atoms with Gasteiger partial charge in [-0.25, -0.2) is 4.98 Å². The molecule has 0 aliphatic rings. The molecule has 0 aliphatic carbocycles. The van der Waals surface area contributed by atoms with Gasteiger partial charge in [-0.3, -0.25) is 9.78 Å². The summed E-state index contributed by atoms with van der Waals surface area (Å²) in [4.78, 5) is 20.5. The van der Waals surface area contributed by atoms with E-state index < -0.39 is 0 Å². The van der Waals surface area contributed by atoms with Crippen molar-refractivity contribution in [3.8, 4) is 17.3 Å². The number of anilines is 1. The average molecular weight is 309 g/mol. The predicted molar refractivity (Wildman–Crippen MR) is 85.3 cm³/mol. The largest absolute Gasteiger partial charge is 0.494 e. The Balaban J connectivity index is 1.70. The van der Waals surface area contributed by atoms with Gasteiger partial charge in [0.2, 0.25) is 5.89 Å². The molecule has 0 saturated heterocycles. The molecule has 3 aromatic rings. The summed E-state index contributed by atoms with van der Waals surface area (Å²) in [6, 6.07) is 12.5. The number of pyridine rings is 1. The second kappa shape index (κ2) is 6.74. The highest BCUT2D eigenvalue weighted by Gasteiger charge is 2.14. The number of hydrogen-bond acceptors (Lipinski definition) is 5. The number of hydrogen-bond donors (Lipinski definition) is 1. The fourth-order valence-electron chi connectivity index (χ4n) is 1.98. The molecule has 0 aliphatic heterocycles. The number of amides is 1. The molecule has 1 aromatic carbocycles. The highest BCUT2D eigenvalue weighted by atomic mass is 16.5. The number of benzene rings is 1. The molecule has 116 valence electrons. The quantitative estimate of drug-likeness (QED) is 0.781. The van der Waals surface area contributed by atoms with Crippen molar-refractivity contribution in [3.05, 3.63) is 60.6 Å². The topological polar surface area (TPSA) is 77.2 Å². The van der Waals surface area contributed by atoms with Crippen LogP contribution in [0.25, 0.3) is 11.6 Å². The summed E-state index contributed by atoms with van der Waals surface area (Å²) in [6.45, 7) is 2.51. The fourth-order valence-corrected chi connectivity index (χ4v) is 1.98. The number of carbonyl (C=O) groups excluding carboxylic acids is 1. The Hall–Kier alpha value is -3.15. The Morgan fingerprint density at radius 3 is 2.74 bits per heavy atom. The van der Waals surface area contributed by atoms with Gasteiger partial charge in [-0.2, -0.15) is 0 Å². The van der Waals surface area contributed by atoms with Crippen LogP contribution in [0, 0.1) is 0 Å². The van der Waals surface area contributed by atoms with E-state index in [0.717, 1.165) is 5.75 Å². The van der Waals surface area contributed by atoms with Crippen LogP contribution in [0.1, 0.15) is 17.4 Å². The lowest BCUT2D eigenvalue weighted by Crippen LogP contribution is -2.12. The van der Waals surface area contributed by atoms with Crippen molar-refractivity contribution in [2.75, 3.05) is 11.9 Å². The molecule has 0 saturated carbocycles. The number of ether oxygens (including phenoxy) is 1. The molecular formula is C17H15N3O3. The van der Waals surface area contributed by atoms with E-state index in [2.05, 4.69) is 15.3 Å². The molecule has 0 spiro atoms. The first kappa shape index (κ1) is 14.8. The van der Waals surface area contributed by atoms with Crippen molar-refractivity contribution >= 4 is 11.6 Å². The van der Waals surface area contributed by atoms with E-state index in [9.17, 15) is 4.79 Å². The smallest absolute Gasteiger partial charge is 0.277 e. The SMILES string of the molecule is CCOc1ccc(NC(=O)c2coc(-c3ccccn3)n2)cc1. The standard InChI is InChI=1S/C17H15N3O3/c1-2-22-13-8-6-12(7-9-13)19-16(21)15-11-23-17(20-15)14-5-3-4-10-18-14/h3-11H,2H2,1H3,(H,19,21). The lowest BCUT2D eigenvalue weighted by atomic mass is 10.3. The minimum atomic E-state index is -0.347. The maximum Gasteiger partial charge on any atom is 0.277 e. The van der Waals surface area contributed by atoms with Crippen molar-refractivity contribution < 1.29 is 13.9 Å². The van der Waals surface area contributed by atoms with Crippen LogP contribution >= 0.6 is 0 Å². The van der Waals surface area contributed by atoms with Gasteiger partial charge in [-0.05, 0) is 43.3 Å². The second-order valence-corrected chi connectivity index (χ2v) is 4.66. The summed E-state index contributed by atoms with van der Waals surface area (Å²) >= 11 is 0. The van der Waals surface area contributed by atoms with Crippen LogP contribution in [0.5, 0.6) is 5.75 Å². The molecule has 2 heterocycles. The number of nitrogens with zero attached hydrogens (tertiary/aromatic N) is 2. The van der Waals surface area contributed by atoms with Crippen LogP contribution < -0.4 is 10.1 Å². The maximum atomic E-state index is 12.2. The Morgan fingerprint density at radius 2 is 2.04 bits per heavy atom. The van der Waals surface area contributed by atoms with E-state index in [-0.39, 0.29) is 11.6 Å². The minimum absolute atomic E-state index is 0.194. The lowest BCUT2D eigenvalue weighted by Gasteiger charge is -2.05. The molecule has 2 aromatic heterocycles. The first-order valence-corrected chi connectivity index (χ1v) is 7.17. The highest BCUT2D eigenvalue weighted by molar-refractivity contribution is 6.02. The fraction of sp³-hybridized carbons (Fsp3) is 0.118. The van der Waals surface area contributed by atoms with Gasteiger partial charge in [0, 0.05) is 11.9 Å².